The number of rotatable bonds is 2. The third-order valence-electron chi connectivity index (χ3n) is 3.31. The standard InChI is InChI=1S/C13H12N4O4/c1-2-6-3-17(12-8(6)11(14)15-5-16-12)13-10(20)9(19)7(4-18)21-13/h1,3,5,10,13,18-20H,4H2,(H2,14,15,16)/t10?,13-/m1/s1. The summed E-state index contributed by atoms with van der Waals surface area (Å²) in [4.78, 5) is 7.96. The smallest absolute Gasteiger partial charge is 0.210 e. The van der Waals surface area contributed by atoms with Gasteiger partial charge in [-0.25, -0.2) is 9.97 Å². The van der Waals surface area contributed by atoms with E-state index in [1.807, 2.05) is 0 Å². The Kier molecular flexibility index (Phi) is 2.94. The fourth-order valence-electron chi connectivity index (χ4n) is 2.31. The molecule has 0 aliphatic carbocycles. The Balaban J connectivity index is 2.16. The van der Waals surface area contributed by atoms with E-state index < -0.39 is 24.7 Å². The molecule has 8 heteroatoms. The highest BCUT2D eigenvalue weighted by Gasteiger charge is 2.37. The Morgan fingerprint density at radius 3 is 2.86 bits per heavy atom. The van der Waals surface area contributed by atoms with E-state index in [0.717, 1.165) is 0 Å². The summed E-state index contributed by atoms with van der Waals surface area (Å²) < 4.78 is 6.80. The molecular weight excluding hydrogens is 276 g/mol. The highest BCUT2D eigenvalue weighted by molar-refractivity contribution is 5.92. The topological polar surface area (TPSA) is 127 Å². The average molecular weight is 288 g/mol. The van der Waals surface area contributed by atoms with Crippen LogP contribution in [0.15, 0.2) is 24.0 Å². The molecule has 1 aliphatic heterocycles. The summed E-state index contributed by atoms with van der Waals surface area (Å²) in [5, 5.41) is 29.3. The molecule has 2 atom stereocenters. The summed E-state index contributed by atoms with van der Waals surface area (Å²) in [7, 11) is 0. The zero-order chi connectivity index (χ0) is 15.1. The summed E-state index contributed by atoms with van der Waals surface area (Å²) in [6.45, 7) is -0.530. The second kappa shape index (κ2) is 4.66. The van der Waals surface area contributed by atoms with Gasteiger partial charge in [0.2, 0.25) is 6.23 Å². The van der Waals surface area contributed by atoms with Crippen molar-refractivity contribution in [3.8, 4) is 12.3 Å². The molecule has 5 N–H and O–H groups in total. The van der Waals surface area contributed by atoms with E-state index in [4.69, 9.17) is 22.0 Å². The maximum Gasteiger partial charge on any atom is 0.210 e. The first-order valence-electron chi connectivity index (χ1n) is 6.03. The van der Waals surface area contributed by atoms with Crippen LogP contribution < -0.4 is 5.73 Å². The second-order valence-corrected chi connectivity index (χ2v) is 4.47. The van der Waals surface area contributed by atoms with Gasteiger partial charge in [0.1, 0.15) is 24.4 Å². The van der Waals surface area contributed by atoms with Crippen LogP contribution in [0.1, 0.15) is 11.8 Å². The molecule has 0 fully saturated rings. The van der Waals surface area contributed by atoms with Crippen molar-refractivity contribution in [1.29, 1.82) is 0 Å². The highest BCUT2D eigenvalue weighted by atomic mass is 16.5. The van der Waals surface area contributed by atoms with Crippen LogP contribution in [-0.4, -0.2) is 42.6 Å². The Morgan fingerprint density at radius 2 is 2.24 bits per heavy atom. The van der Waals surface area contributed by atoms with Gasteiger partial charge in [-0.2, -0.15) is 0 Å². The van der Waals surface area contributed by atoms with Crippen molar-refractivity contribution in [1.82, 2.24) is 14.5 Å². The number of nitrogens with two attached hydrogens (primary N) is 1. The second-order valence-electron chi connectivity index (χ2n) is 4.47. The molecule has 0 aromatic carbocycles. The van der Waals surface area contributed by atoms with Crippen LogP contribution in [-0.2, 0) is 4.74 Å². The molecule has 0 amide bonds. The van der Waals surface area contributed by atoms with Crippen LogP contribution in [0.2, 0.25) is 0 Å². The molecule has 0 saturated carbocycles. The van der Waals surface area contributed by atoms with E-state index in [1.54, 1.807) is 0 Å². The van der Waals surface area contributed by atoms with Gasteiger partial charge in [0.05, 0.1) is 10.9 Å². The number of nitrogen functional groups attached to an aromatic ring is 1. The predicted octanol–water partition coefficient (Wildman–Crippen LogP) is -0.354. The number of terminal acetylenes is 1. The fourth-order valence-corrected chi connectivity index (χ4v) is 2.31. The van der Waals surface area contributed by atoms with Gasteiger partial charge < -0.3 is 25.8 Å². The van der Waals surface area contributed by atoms with Gasteiger partial charge in [-0.3, -0.25) is 4.57 Å². The third kappa shape index (κ3) is 1.79. The maximum absolute atomic E-state index is 10.0. The fraction of sp³-hybridized carbons (Fsp3) is 0.231. The Bertz CT molecular complexity index is 789. The minimum Gasteiger partial charge on any atom is -0.506 e. The van der Waals surface area contributed by atoms with Gasteiger partial charge >= 0.3 is 0 Å². The van der Waals surface area contributed by atoms with Crippen molar-refractivity contribution >= 4 is 16.9 Å². The molecule has 108 valence electrons. The molecule has 2 aromatic heterocycles. The predicted molar refractivity (Wildman–Crippen MR) is 72.7 cm³/mol. The van der Waals surface area contributed by atoms with Crippen molar-refractivity contribution < 1.29 is 20.1 Å². The van der Waals surface area contributed by atoms with Gasteiger partial charge in [-0.1, -0.05) is 5.92 Å². The first-order chi connectivity index (χ1) is 10.1. The average Bonchev–Trinajstić information content (AvgIpc) is 2.99. The Morgan fingerprint density at radius 1 is 1.48 bits per heavy atom. The van der Waals surface area contributed by atoms with Crippen LogP contribution in [0.3, 0.4) is 0 Å². The number of anilines is 1. The molecule has 0 spiro atoms. The molecule has 8 nitrogen and oxygen atoms in total. The number of ether oxygens (including phenoxy) is 1. The molecule has 1 unspecified atom stereocenters. The first-order valence-corrected chi connectivity index (χ1v) is 6.03. The molecule has 21 heavy (non-hydrogen) atoms. The summed E-state index contributed by atoms with van der Waals surface area (Å²) >= 11 is 0. The SMILES string of the molecule is C#Cc1cn([C@@H]2OC(CO)=C(O)C2O)c2ncnc(N)c12. The zero-order valence-electron chi connectivity index (χ0n) is 10.8. The number of hydrogen-bond donors (Lipinski definition) is 4. The van der Waals surface area contributed by atoms with E-state index in [1.165, 1.54) is 17.1 Å². The van der Waals surface area contributed by atoms with Crippen LogP contribution in [0.5, 0.6) is 0 Å². The monoisotopic (exact) mass is 288 g/mol. The Labute approximate surface area is 119 Å². The number of aromatic nitrogens is 3. The van der Waals surface area contributed by atoms with E-state index in [0.29, 0.717) is 16.6 Å². The van der Waals surface area contributed by atoms with Crippen LogP contribution in [0.25, 0.3) is 11.0 Å². The molecule has 3 heterocycles. The van der Waals surface area contributed by atoms with Crippen molar-refractivity contribution in [2.75, 3.05) is 12.3 Å². The number of aliphatic hydroxyl groups is 3. The van der Waals surface area contributed by atoms with E-state index in [2.05, 4.69) is 15.9 Å². The van der Waals surface area contributed by atoms with Crippen molar-refractivity contribution in [3.05, 3.63) is 29.6 Å². The minimum absolute atomic E-state index is 0.0985. The number of hydrogen-bond acceptors (Lipinski definition) is 7. The molecule has 0 radical (unpaired) electrons. The van der Waals surface area contributed by atoms with Crippen molar-refractivity contribution in [2.24, 2.45) is 0 Å². The summed E-state index contributed by atoms with van der Waals surface area (Å²) in [5.74, 6) is 2.15. The van der Waals surface area contributed by atoms with Gasteiger partial charge in [-0.05, 0) is 0 Å². The van der Waals surface area contributed by atoms with Crippen LogP contribution in [0.4, 0.5) is 5.82 Å². The zero-order valence-corrected chi connectivity index (χ0v) is 10.8. The third-order valence-corrected chi connectivity index (χ3v) is 3.31. The van der Waals surface area contributed by atoms with Gasteiger partial charge in [0.15, 0.2) is 17.6 Å². The normalized spacial score (nSPS) is 21.6. The highest BCUT2D eigenvalue weighted by Crippen LogP contribution is 2.35. The molecule has 0 saturated heterocycles. The summed E-state index contributed by atoms with van der Waals surface area (Å²) in [6, 6.07) is 0. The lowest BCUT2D eigenvalue weighted by molar-refractivity contribution is -0.0116. The lowest BCUT2D eigenvalue weighted by Gasteiger charge is -2.17. The van der Waals surface area contributed by atoms with Gasteiger partial charge in [0.25, 0.3) is 0 Å². The van der Waals surface area contributed by atoms with Crippen molar-refractivity contribution in [2.45, 2.75) is 12.3 Å². The van der Waals surface area contributed by atoms with E-state index in [-0.39, 0.29) is 11.6 Å². The van der Waals surface area contributed by atoms with E-state index >= 15 is 0 Å². The Hall–Kier alpha value is -2.76. The first kappa shape index (κ1) is 13.2. The maximum atomic E-state index is 10.0. The summed E-state index contributed by atoms with van der Waals surface area (Å²) in [6.07, 6.45) is 5.88. The van der Waals surface area contributed by atoms with Gasteiger partial charge in [-0.15, -0.1) is 6.42 Å². The van der Waals surface area contributed by atoms with Gasteiger partial charge in [0, 0.05) is 6.20 Å². The largest absolute Gasteiger partial charge is 0.506 e. The van der Waals surface area contributed by atoms with E-state index in [9.17, 15) is 10.2 Å². The quantitative estimate of drug-likeness (QED) is 0.556. The molecule has 2 aromatic rings. The lowest BCUT2D eigenvalue weighted by Crippen LogP contribution is -2.22. The minimum atomic E-state index is -1.34. The molecule has 1 aliphatic rings. The van der Waals surface area contributed by atoms with Crippen LogP contribution >= 0.6 is 0 Å². The lowest BCUT2D eigenvalue weighted by atomic mass is 10.2. The molecule has 3 rings (SSSR count). The van der Waals surface area contributed by atoms with Crippen LogP contribution in [0, 0.1) is 12.3 Å². The molecule has 0 bridgehead atoms. The number of aliphatic hydroxyl groups excluding tert-OH is 3. The summed E-state index contributed by atoms with van der Waals surface area (Å²) in [5.41, 5.74) is 6.60. The molecular formula is C13H12N4O4. The van der Waals surface area contributed by atoms with Crippen molar-refractivity contribution in [3.63, 3.8) is 0 Å². The number of nitrogens with zero attached hydrogens (tertiary/aromatic N) is 3. The number of fused-ring (bicyclic) bond motifs is 1.